The maximum atomic E-state index is 9.20. The van der Waals surface area contributed by atoms with Gasteiger partial charge in [0.25, 0.3) is 0 Å². The Kier molecular flexibility index (Phi) is 3.57. The zero-order chi connectivity index (χ0) is 9.14. The molecule has 1 N–H and O–H groups in total. The van der Waals surface area contributed by atoms with Crippen molar-refractivity contribution in [1.82, 2.24) is 0 Å². The van der Waals surface area contributed by atoms with Crippen LogP contribution < -0.4 is 0 Å². The van der Waals surface area contributed by atoms with Gasteiger partial charge in [-0.25, -0.2) is 0 Å². The summed E-state index contributed by atoms with van der Waals surface area (Å²) >= 11 is 0. The number of hydrogen-bond donors (Lipinski definition) is 1. The zero-order valence-electron chi connectivity index (χ0n) is 8.59. The third kappa shape index (κ3) is 1.39. The summed E-state index contributed by atoms with van der Waals surface area (Å²) in [5.74, 6) is 3.14. The van der Waals surface area contributed by atoms with E-state index in [1.807, 2.05) is 0 Å². The Hall–Kier alpha value is -0.0400. The lowest BCUT2D eigenvalue weighted by Gasteiger charge is -2.51. The van der Waals surface area contributed by atoms with E-state index in [9.17, 15) is 5.11 Å². The van der Waals surface area contributed by atoms with Crippen molar-refractivity contribution in [3.63, 3.8) is 0 Å². The molecule has 0 heterocycles. The molecule has 0 amide bonds. The maximum Gasteiger partial charge on any atom is 0.0464 e. The molecule has 0 spiro atoms. The predicted molar refractivity (Wildman–Crippen MR) is 51.9 cm³/mol. The molecule has 0 aromatic rings. The lowest BCUT2D eigenvalue weighted by Crippen LogP contribution is -2.47. The van der Waals surface area contributed by atoms with Gasteiger partial charge in [-0.3, -0.25) is 0 Å². The van der Waals surface area contributed by atoms with Crippen LogP contribution in [0.15, 0.2) is 0 Å². The smallest absolute Gasteiger partial charge is 0.0464 e. The van der Waals surface area contributed by atoms with Gasteiger partial charge in [0, 0.05) is 6.61 Å². The van der Waals surface area contributed by atoms with Crippen molar-refractivity contribution in [2.75, 3.05) is 6.61 Å². The molecule has 1 aliphatic carbocycles. The normalized spacial score (nSPS) is 41.0. The van der Waals surface area contributed by atoms with Crippen molar-refractivity contribution in [3.05, 3.63) is 0 Å². The first-order valence-electron chi connectivity index (χ1n) is 5.40. The second kappa shape index (κ2) is 4.27. The van der Waals surface area contributed by atoms with Gasteiger partial charge >= 0.3 is 0 Å². The van der Waals surface area contributed by atoms with E-state index in [1.165, 1.54) is 19.3 Å². The summed E-state index contributed by atoms with van der Waals surface area (Å²) in [6.07, 6.45) is 3.80. The summed E-state index contributed by atoms with van der Waals surface area (Å²) in [6, 6.07) is 0. The quantitative estimate of drug-likeness (QED) is 0.687. The molecule has 1 nitrogen and oxygen atoms in total. The monoisotopic (exact) mass is 170 g/mol. The largest absolute Gasteiger partial charge is 0.396 e. The average molecular weight is 170 g/mol. The van der Waals surface area contributed by atoms with Gasteiger partial charge < -0.3 is 5.11 Å². The highest BCUT2D eigenvalue weighted by atomic mass is 16.3. The first-order chi connectivity index (χ1) is 5.79. The Balaban J connectivity index is 2.52. The third-order valence-electron chi connectivity index (χ3n) is 3.82. The number of aliphatic hydroxyl groups excluding tert-OH is 1. The van der Waals surface area contributed by atoms with Crippen LogP contribution in [-0.4, -0.2) is 11.7 Å². The molecule has 0 aromatic heterocycles. The van der Waals surface area contributed by atoms with Crippen molar-refractivity contribution < 1.29 is 5.11 Å². The number of hydrogen-bond acceptors (Lipinski definition) is 1. The molecule has 0 radical (unpaired) electrons. The Labute approximate surface area is 76.2 Å². The van der Waals surface area contributed by atoms with Crippen LogP contribution in [0.1, 0.15) is 40.0 Å². The van der Waals surface area contributed by atoms with Gasteiger partial charge in [-0.05, 0) is 23.7 Å². The first kappa shape index (κ1) is 10.0. The highest BCUT2D eigenvalue weighted by molar-refractivity contribution is 4.94. The van der Waals surface area contributed by atoms with Crippen LogP contribution >= 0.6 is 0 Å². The van der Waals surface area contributed by atoms with Gasteiger partial charge in [0.05, 0.1) is 0 Å². The zero-order valence-corrected chi connectivity index (χ0v) is 8.59. The van der Waals surface area contributed by atoms with Gasteiger partial charge in [0.1, 0.15) is 0 Å². The fourth-order valence-corrected chi connectivity index (χ4v) is 3.21. The molecule has 1 heteroatoms. The standard InChI is InChI=1S/C11H22O/c1-4-8-9(5-2)11(7-12)10(8)6-3/h8-12H,4-7H2,1-3H3. The van der Waals surface area contributed by atoms with Gasteiger partial charge in [-0.15, -0.1) is 0 Å². The van der Waals surface area contributed by atoms with Crippen LogP contribution in [-0.2, 0) is 0 Å². The molecule has 1 aliphatic rings. The lowest BCUT2D eigenvalue weighted by atomic mass is 9.54. The molecular formula is C11H22O. The second-order valence-electron chi connectivity index (χ2n) is 4.06. The van der Waals surface area contributed by atoms with Crippen molar-refractivity contribution in [3.8, 4) is 0 Å². The van der Waals surface area contributed by atoms with E-state index in [-0.39, 0.29) is 0 Å². The fourth-order valence-electron chi connectivity index (χ4n) is 3.21. The molecule has 72 valence electrons. The van der Waals surface area contributed by atoms with E-state index >= 15 is 0 Å². The summed E-state index contributed by atoms with van der Waals surface area (Å²) in [4.78, 5) is 0. The molecule has 0 bridgehead atoms. The predicted octanol–water partition coefficient (Wildman–Crippen LogP) is 2.69. The van der Waals surface area contributed by atoms with Crippen molar-refractivity contribution >= 4 is 0 Å². The SMILES string of the molecule is CCC1C(CC)C(CO)C1CC. The van der Waals surface area contributed by atoms with E-state index < -0.39 is 0 Å². The summed E-state index contributed by atoms with van der Waals surface area (Å²) in [6.45, 7) is 7.20. The average Bonchev–Trinajstić information content (AvgIpc) is 2.05. The topological polar surface area (TPSA) is 20.2 Å². The Morgan fingerprint density at radius 2 is 1.08 bits per heavy atom. The lowest BCUT2D eigenvalue weighted by molar-refractivity contribution is -0.0602. The van der Waals surface area contributed by atoms with E-state index in [0.717, 1.165) is 17.8 Å². The van der Waals surface area contributed by atoms with Crippen molar-refractivity contribution in [1.29, 1.82) is 0 Å². The molecule has 1 saturated carbocycles. The van der Waals surface area contributed by atoms with Gasteiger partial charge in [-0.1, -0.05) is 40.0 Å². The van der Waals surface area contributed by atoms with Gasteiger partial charge in [0.2, 0.25) is 0 Å². The van der Waals surface area contributed by atoms with Crippen LogP contribution in [0.25, 0.3) is 0 Å². The fraction of sp³-hybridized carbons (Fsp3) is 1.00. The third-order valence-corrected chi connectivity index (χ3v) is 3.82. The van der Waals surface area contributed by atoms with Gasteiger partial charge in [0.15, 0.2) is 0 Å². The molecule has 12 heavy (non-hydrogen) atoms. The molecule has 2 atom stereocenters. The Bertz CT molecular complexity index is 93.0. The minimum absolute atomic E-state index is 0.410. The molecule has 0 aromatic carbocycles. The van der Waals surface area contributed by atoms with Crippen LogP contribution in [0.5, 0.6) is 0 Å². The van der Waals surface area contributed by atoms with E-state index in [0.29, 0.717) is 12.5 Å². The molecule has 1 rings (SSSR count). The highest BCUT2D eigenvalue weighted by Crippen LogP contribution is 2.50. The second-order valence-corrected chi connectivity index (χ2v) is 4.06. The molecule has 2 unspecified atom stereocenters. The molecule has 0 saturated heterocycles. The van der Waals surface area contributed by atoms with Crippen LogP contribution in [0.3, 0.4) is 0 Å². The van der Waals surface area contributed by atoms with E-state index in [1.54, 1.807) is 0 Å². The first-order valence-corrected chi connectivity index (χ1v) is 5.40. The number of aliphatic hydroxyl groups is 1. The molecule has 1 fully saturated rings. The number of rotatable bonds is 4. The summed E-state index contributed by atoms with van der Waals surface area (Å²) in [7, 11) is 0. The van der Waals surface area contributed by atoms with Crippen LogP contribution in [0, 0.1) is 23.7 Å². The van der Waals surface area contributed by atoms with E-state index in [2.05, 4.69) is 20.8 Å². The maximum absolute atomic E-state index is 9.20. The summed E-state index contributed by atoms with van der Waals surface area (Å²) in [5, 5.41) is 9.20. The molecule has 0 aliphatic heterocycles. The van der Waals surface area contributed by atoms with E-state index in [4.69, 9.17) is 0 Å². The van der Waals surface area contributed by atoms with Crippen LogP contribution in [0.4, 0.5) is 0 Å². The molecular weight excluding hydrogens is 148 g/mol. The minimum Gasteiger partial charge on any atom is -0.396 e. The van der Waals surface area contributed by atoms with Crippen molar-refractivity contribution in [2.45, 2.75) is 40.0 Å². The van der Waals surface area contributed by atoms with Crippen molar-refractivity contribution in [2.24, 2.45) is 23.7 Å². The minimum atomic E-state index is 0.410. The highest BCUT2D eigenvalue weighted by Gasteiger charge is 2.46. The Morgan fingerprint density at radius 3 is 1.33 bits per heavy atom. The van der Waals surface area contributed by atoms with Gasteiger partial charge in [-0.2, -0.15) is 0 Å². The summed E-state index contributed by atoms with van der Waals surface area (Å²) in [5.41, 5.74) is 0. The summed E-state index contributed by atoms with van der Waals surface area (Å²) < 4.78 is 0. The van der Waals surface area contributed by atoms with Crippen LogP contribution in [0.2, 0.25) is 0 Å². The Morgan fingerprint density at radius 1 is 0.750 bits per heavy atom.